The van der Waals surface area contributed by atoms with Crippen molar-refractivity contribution in [2.45, 2.75) is 120 Å². The number of amides is 4. The average molecular weight is 820 g/mol. The normalized spacial score (nSPS) is 15.8. The fourth-order valence-corrected chi connectivity index (χ4v) is 6.70. The van der Waals surface area contributed by atoms with E-state index in [0.29, 0.717) is 37.1 Å². The van der Waals surface area contributed by atoms with Gasteiger partial charge in [0.2, 0.25) is 23.6 Å². The summed E-state index contributed by atoms with van der Waals surface area (Å²) in [6, 6.07) is 7.73. The molecule has 1 heterocycles. The third-order valence-electron chi connectivity index (χ3n) is 9.17. The van der Waals surface area contributed by atoms with E-state index in [2.05, 4.69) is 17.6 Å². The van der Waals surface area contributed by atoms with Crippen LogP contribution in [0, 0.1) is 24.2 Å². The van der Waals surface area contributed by atoms with E-state index in [1.54, 1.807) is 43.7 Å². The van der Waals surface area contributed by atoms with Crippen LogP contribution in [0.25, 0.3) is 0 Å². The second kappa shape index (κ2) is 27.7. The molecule has 14 heteroatoms. The predicted octanol–water partition coefficient (Wildman–Crippen LogP) is 5.82. The molecule has 4 amide bonds. The molecule has 0 saturated heterocycles. The monoisotopic (exact) mass is 820 g/mol. The van der Waals surface area contributed by atoms with Crippen LogP contribution in [0.15, 0.2) is 40.9 Å². The molecule has 1 aliphatic heterocycles. The first-order valence-corrected chi connectivity index (χ1v) is 21.1. The lowest BCUT2D eigenvalue weighted by Crippen LogP contribution is -2.42. The van der Waals surface area contributed by atoms with E-state index in [1.165, 1.54) is 24.6 Å². The SMILES string of the molecule is CC.CCCN(CC(=O)OC(C[C@@H](C)CC(O)[C@@H](C)C1=NC(/C=C(\C)C(=O)NCC(=O)N(C)CC(=O)NC)CS1)C(C)(C)C)C(=O)CC.COc1ccc(C)cc1. The highest BCUT2D eigenvalue weighted by atomic mass is 32.2. The Hall–Kier alpha value is -3.91. The van der Waals surface area contributed by atoms with Crippen molar-refractivity contribution in [3.05, 3.63) is 41.5 Å². The number of methoxy groups -OCH3 is 1. The summed E-state index contributed by atoms with van der Waals surface area (Å²) in [5, 5.41) is 17.0. The summed E-state index contributed by atoms with van der Waals surface area (Å²) in [4.78, 5) is 68.8. The molecule has 1 aromatic carbocycles. The number of ether oxygens (including phenoxy) is 2. The molecule has 0 spiro atoms. The molecule has 3 unspecified atom stereocenters. The third kappa shape index (κ3) is 20.9. The molecular formula is C43H73N5O8S. The van der Waals surface area contributed by atoms with Crippen LogP contribution in [0.1, 0.15) is 100 Å². The molecule has 0 bridgehead atoms. The van der Waals surface area contributed by atoms with Gasteiger partial charge in [-0.3, -0.25) is 29.0 Å². The van der Waals surface area contributed by atoms with Gasteiger partial charge in [0.05, 0.1) is 37.4 Å². The molecule has 324 valence electrons. The van der Waals surface area contributed by atoms with Crippen molar-refractivity contribution in [1.82, 2.24) is 20.4 Å². The lowest BCUT2D eigenvalue weighted by Gasteiger charge is -2.34. The molecule has 1 aromatic rings. The molecule has 2 rings (SSSR count). The number of benzene rings is 1. The van der Waals surface area contributed by atoms with E-state index in [9.17, 15) is 29.1 Å². The quantitative estimate of drug-likeness (QED) is 0.115. The molecule has 0 aliphatic carbocycles. The summed E-state index contributed by atoms with van der Waals surface area (Å²) >= 11 is 1.55. The minimum absolute atomic E-state index is 0.0465. The smallest absolute Gasteiger partial charge is 0.325 e. The van der Waals surface area contributed by atoms with Crippen molar-refractivity contribution >= 4 is 46.4 Å². The van der Waals surface area contributed by atoms with Crippen molar-refractivity contribution in [3.8, 4) is 5.75 Å². The molecule has 3 N–H and O–H groups in total. The molecule has 0 saturated carbocycles. The fourth-order valence-electron chi connectivity index (χ4n) is 5.55. The van der Waals surface area contributed by atoms with Gasteiger partial charge in [0.15, 0.2) is 0 Å². The minimum atomic E-state index is -0.662. The number of aliphatic hydroxyl groups excluding tert-OH is 1. The largest absolute Gasteiger partial charge is 0.497 e. The number of aliphatic hydroxyl groups is 1. The lowest BCUT2D eigenvalue weighted by molar-refractivity contribution is -0.160. The first kappa shape index (κ1) is 53.1. The van der Waals surface area contributed by atoms with Crippen LogP contribution in [0.2, 0.25) is 0 Å². The summed E-state index contributed by atoms with van der Waals surface area (Å²) in [5.74, 6) is -0.179. The van der Waals surface area contributed by atoms with Gasteiger partial charge >= 0.3 is 5.97 Å². The van der Waals surface area contributed by atoms with Crippen LogP contribution >= 0.6 is 11.8 Å². The number of likely N-dealkylation sites (N-methyl/N-ethyl adjacent to an activating group) is 2. The van der Waals surface area contributed by atoms with Crippen LogP contribution in [-0.4, -0.2) is 121 Å². The number of hydrogen-bond acceptors (Lipinski definition) is 10. The first-order chi connectivity index (χ1) is 26.7. The van der Waals surface area contributed by atoms with Gasteiger partial charge in [-0.2, -0.15) is 0 Å². The van der Waals surface area contributed by atoms with Crippen molar-refractivity contribution in [3.63, 3.8) is 0 Å². The Labute approximate surface area is 347 Å². The Morgan fingerprint density at radius 1 is 1.04 bits per heavy atom. The number of nitrogens with one attached hydrogen (secondary N) is 2. The summed E-state index contributed by atoms with van der Waals surface area (Å²) in [7, 11) is 4.65. The fraction of sp³-hybridized carbons (Fsp3) is 0.674. The Bertz CT molecular complexity index is 1460. The topological polar surface area (TPSA) is 167 Å². The number of carbonyl (C=O) groups excluding carboxylic acids is 5. The molecular weight excluding hydrogens is 747 g/mol. The van der Waals surface area contributed by atoms with Crippen LogP contribution in [0.4, 0.5) is 0 Å². The van der Waals surface area contributed by atoms with E-state index in [-0.39, 0.29) is 72.7 Å². The summed E-state index contributed by atoms with van der Waals surface area (Å²) in [5.41, 5.74) is 1.36. The zero-order valence-electron chi connectivity index (χ0n) is 37.2. The maximum atomic E-state index is 12.8. The van der Waals surface area contributed by atoms with E-state index in [0.717, 1.165) is 17.2 Å². The second-order valence-electron chi connectivity index (χ2n) is 15.3. The number of carbonyl (C=O) groups is 5. The maximum Gasteiger partial charge on any atom is 0.325 e. The lowest BCUT2D eigenvalue weighted by atomic mass is 9.81. The van der Waals surface area contributed by atoms with E-state index in [1.807, 2.05) is 79.7 Å². The molecule has 13 nitrogen and oxygen atoms in total. The summed E-state index contributed by atoms with van der Waals surface area (Å²) in [6.45, 7) is 21.6. The minimum Gasteiger partial charge on any atom is -0.497 e. The van der Waals surface area contributed by atoms with Crippen LogP contribution in [0.3, 0.4) is 0 Å². The van der Waals surface area contributed by atoms with Gasteiger partial charge in [-0.05, 0) is 56.6 Å². The van der Waals surface area contributed by atoms with Crippen molar-refractivity contribution < 1.29 is 38.6 Å². The zero-order chi connectivity index (χ0) is 43.9. The Morgan fingerprint density at radius 2 is 1.65 bits per heavy atom. The highest BCUT2D eigenvalue weighted by Gasteiger charge is 2.33. The van der Waals surface area contributed by atoms with Gasteiger partial charge in [-0.15, -0.1) is 11.8 Å². The van der Waals surface area contributed by atoms with Crippen LogP contribution in [-0.2, 0) is 28.7 Å². The molecule has 1 aliphatic rings. The van der Waals surface area contributed by atoms with E-state index in [4.69, 9.17) is 14.5 Å². The van der Waals surface area contributed by atoms with Gasteiger partial charge in [0.1, 0.15) is 18.4 Å². The van der Waals surface area contributed by atoms with Gasteiger partial charge in [-0.25, -0.2) is 0 Å². The van der Waals surface area contributed by atoms with Crippen LogP contribution < -0.4 is 15.4 Å². The van der Waals surface area contributed by atoms with Gasteiger partial charge in [0, 0.05) is 44.3 Å². The van der Waals surface area contributed by atoms with Crippen LogP contribution in [0.5, 0.6) is 5.75 Å². The molecule has 0 aromatic heterocycles. The Morgan fingerprint density at radius 3 is 2.18 bits per heavy atom. The Kier molecular flexibility index (Phi) is 25.8. The first-order valence-electron chi connectivity index (χ1n) is 20.1. The highest BCUT2D eigenvalue weighted by Crippen LogP contribution is 2.32. The van der Waals surface area contributed by atoms with Gasteiger partial charge < -0.3 is 35.0 Å². The van der Waals surface area contributed by atoms with Gasteiger partial charge in [-0.1, -0.05) is 86.1 Å². The molecule has 5 atom stereocenters. The molecule has 0 radical (unpaired) electrons. The zero-order valence-corrected chi connectivity index (χ0v) is 38.0. The molecule has 0 fully saturated rings. The highest BCUT2D eigenvalue weighted by molar-refractivity contribution is 8.14. The number of aryl methyl sites for hydroxylation is 1. The Balaban J connectivity index is 0.00000246. The second-order valence-corrected chi connectivity index (χ2v) is 16.3. The third-order valence-corrected chi connectivity index (χ3v) is 10.5. The number of hydrogen-bond donors (Lipinski definition) is 3. The average Bonchev–Trinajstić information content (AvgIpc) is 3.64. The van der Waals surface area contributed by atoms with E-state index >= 15 is 0 Å². The number of thioether (sulfide) groups is 1. The molecule has 57 heavy (non-hydrogen) atoms. The van der Waals surface area contributed by atoms with Crippen molar-refractivity contribution in [1.29, 1.82) is 0 Å². The van der Waals surface area contributed by atoms with Gasteiger partial charge in [0.25, 0.3) is 0 Å². The summed E-state index contributed by atoms with van der Waals surface area (Å²) in [6.07, 6.45) is 2.86. The maximum absolute atomic E-state index is 12.8. The number of esters is 1. The summed E-state index contributed by atoms with van der Waals surface area (Å²) < 4.78 is 10.9. The standard InChI is InChI=1S/C33H57N5O7S.C8H10O.C2H6/c1-11-13-38(28(41)12-2)19-30(43)45-26(33(6,7)8)15-21(3)14-25(39)23(5)32-36-24(20-46-32)16-22(4)31(44)35-17-29(42)37(10)18-27(40)34-9;1-7-3-5-8(9-2)6-4-7;1-2/h16,21,23-26,39H,11-15,17-20H2,1-10H3,(H,34,40)(H,35,44);3-6H,1-2H3;1-2H3/b22-16+;;/t21-,23+,24?,25?,26?;;/m0../s1. The van der Waals surface area contributed by atoms with E-state index < -0.39 is 12.1 Å². The van der Waals surface area contributed by atoms with Crippen molar-refractivity contribution in [2.75, 3.05) is 53.1 Å². The number of nitrogens with zero attached hydrogens (tertiary/aromatic N) is 3. The number of rotatable bonds is 19. The number of aliphatic imine (C=N–C) groups is 1. The predicted molar refractivity (Wildman–Crippen MR) is 231 cm³/mol. The van der Waals surface area contributed by atoms with Crippen molar-refractivity contribution in [2.24, 2.45) is 22.2 Å².